The second-order valence-corrected chi connectivity index (χ2v) is 6.02. The van der Waals surface area contributed by atoms with Crippen LogP contribution in [0.25, 0.3) is 0 Å². The molecule has 0 aliphatic heterocycles. The van der Waals surface area contributed by atoms with Crippen LogP contribution >= 0.6 is 0 Å². The molecule has 0 atom stereocenters. The quantitative estimate of drug-likeness (QED) is 0.566. The molecule has 1 rings (SSSR count). The van der Waals surface area contributed by atoms with Crippen LogP contribution in [0.15, 0.2) is 0 Å². The van der Waals surface area contributed by atoms with E-state index in [-0.39, 0.29) is 11.9 Å². The zero-order valence-corrected chi connectivity index (χ0v) is 14.0. The highest BCUT2D eigenvalue weighted by Gasteiger charge is 2.20. The Hall–Kier alpha value is -1.30. The second-order valence-electron chi connectivity index (χ2n) is 6.02. The molecule has 6 nitrogen and oxygen atoms in total. The maximum Gasteiger partial charge on any atom is 0.314 e. The third kappa shape index (κ3) is 8.22. The standard InChI is InChI=1S/C16H31N3O3/c1-3-13-4-6-14(7-5-13)12-19-16(21)18-9-8-15(20)17-10-11-22-2/h13-14H,3-12H2,1-2H3,(H,17,20)(H2,18,19,21). The molecule has 0 radical (unpaired) electrons. The number of rotatable bonds is 9. The minimum Gasteiger partial charge on any atom is -0.383 e. The Kier molecular flexibility index (Phi) is 9.62. The van der Waals surface area contributed by atoms with Gasteiger partial charge in [-0.1, -0.05) is 26.2 Å². The Bertz CT molecular complexity index is 329. The van der Waals surface area contributed by atoms with E-state index >= 15 is 0 Å². The average Bonchev–Trinajstić information content (AvgIpc) is 2.53. The number of hydrogen-bond acceptors (Lipinski definition) is 3. The van der Waals surface area contributed by atoms with Gasteiger partial charge in [0.15, 0.2) is 0 Å². The maximum atomic E-state index is 11.7. The third-order valence-corrected chi connectivity index (χ3v) is 4.36. The van der Waals surface area contributed by atoms with Crippen molar-refractivity contribution in [3.63, 3.8) is 0 Å². The summed E-state index contributed by atoms with van der Waals surface area (Å²) in [4.78, 5) is 23.1. The van der Waals surface area contributed by atoms with Crippen LogP contribution in [0.5, 0.6) is 0 Å². The Morgan fingerprint density at radius 1 is 1.00 bits per heavy atom. The van der Waals surface area contributed by atoms with Gasteiger partial charge in [0.1, 0.15) is 0 Å². The highest BCUT2D eigenvalue weighted by Crippen LogP contribution is 2.29. The molecule has 1 aliphatic rings. The van der Waals surface area contributed by atoms with Crippen molar-refractivity contribution in [1.29, 1.82) is 0 Å². The van der Waals surface area contributed by atoms with E-state index in [4.69, 9.17) is 4.74 Å². The number of amides is 3. The van der Waals surface area contributed by atoms with Gasteiger partial charge in [-0.15, -0.1) is 0 Å². The Morgan fingerprint density at radius 3 is 2.32 bits per heavy atom. The van der Waals surface area contributed by atoms with E-state index in [1.54, 1.807) is 7.11 Å². The monoisotopic (exact) mass is 313 g/mol. The number of carbonyl (C=O) groups excluding carboxylic acids is 2. The van der Waals surface area contributed by atoms with Gasteiger partial charge in [-0.2, -0.15) is 0 Å². The van der Waals surface area contributed by atoms with Crippen LogP contribution in [0.4, 0.5) is 4.79 Å². The van der Waals surface area contributed by atoms with Crippen LogP contribution < -0.4 is 16.0 Å². The normalized spacial score (nSPS) is 21.2. The molecule has 3 N–H and O–H groups in total. The third-order valence-electron chi connectivity index (χ3n) is 4.36. The predicted octanol–water partition coefficient (Wildman–Crippen LogP) is 1.65. The fraction of sp³-hybridized carbons (Fsp3) is 0.875. The highest BCUT2D eigenvalue weighted by atomic mass is 16.5. The van der Waals surface area contributed by atoms with Gasteiger partial charge in [-0.3, -0.25) is 4.79 Å². The van der Waals surface area contributed by atoms with Crippen molar-refractivity contribution in [2.45, 2.75) is 45.4 Å². The molecule has 0 saturated heterocycles. The smallest absolute Gasteiger partial charge is 0.314 e. The number of methoxy groups -OCH3 is 1. The first-order valence-corrected chi connectivity index (χ1v) is 8.43. The van der Waals surface area contributed by atoms with Crippen molar-refractivity contribution in [2.24, 2.45) is 11.8 Å². The average molecular weight is 313 g/mol. The topological polar surface area (TPSA) is 79.5 Å². The number of hydrogen-bond donors (Lipinski definition) is 3. The van der Waals surface area contributed by atoms with Gasteiger partial charge in [-0.25, -0.2) is 4.79 Å². The van der Waals surface area contributed by atoms with Crippen molar-refractivity contribution < 1.29 is 14.3 Å². The lowest BCUT2D eigenvalue weighted by Crippen LogP contribution is -2.40. The van der Waals surface area contributed by atoms with Crippen molar-refractivity contribution in [3.05, 3.63) is 0 Å². The molecule has 0 unspecified atom stereocenters. The fourth-order valence-corrected chi connectivity index (χ4v) is 2.81. The van der Waals surface area contributed by atoms with E-state index in [0.29, 0.717) is 32.0 Å². The molecule has 0 bridgehead atoms. The van der Waals surface area contributed by atoms with Crippen LogP contribution in [-0.2, 0) is 9.53 Å². The lowest BCUT2D eigenvalue weighted by molar-refractivity contribution is -0.121. The van der Waals surface area contributed by atoms with Gasteiger partial charge in [0, 0.05) is 33.2 Å². The number of carbonyl (C=O) groups is 2. The van der Waals surface area contributed by atoms with Gasteiger partial charge >= 0.3 is 6.03 Å². The van der Waals surface area contributed by atoms with Gasteiger partial charge in [0.05, 0.1) is 6.61 Å². The van der Waals surface area contributed by atoms with Crippen LogP contribution in [0.2, 0.25) is 0 Å². The number of nitrogens with one attached hydrogen (secondary N) is 3. The molecule has 6 heteroatoms. The Labute approximate surface area is 133 Å². The Morgan fingerprint density at radius 2 is 1.68 bits per heavy atom. The first-order chi connectivity index (χ1) is 10.7. The molecule has 128 valence electrons. The van der Waals surface area contributed by atoms with Crippen LogP contribution in [-0.4, -0.2) is 45.3 Å². The number of ether oxygens (including phenoxy) is 1. The lowest BCUT2D eigenvalue weighted by Gasteiger charge is -2.27. The van der Waals surface area contributed by atoms with Gasteiger partial charge in [0.2, 0.25) is 5.91 Å². The second kappa shape index (κ2) is 11.3. The van der Waals surface area contributed by atoms with E-state index in [9.17, 15) is 9.59 Å². The molecular weight excluding hydrogens is 282 g/mol. The molecule has 0 aromatic rings. The molecular formula is C16H31N3O3. The fourth-order valence-electron chi connectivity index (χ4n) is 2.81. The molecule has 0 spiro atoms. The molecule has 1 saturated carbocycles. The van der Waals surface area contributed by atoms with Gasteiger partial charge in [-0.05, 0) is 24.7 Å². The predicted molar refractivity (Wildman–Crippen MR) is 86.6 cm³/mol. The lowest BCUT2D eigenvalue weighted by atomic mass is 9.81. The summed E-state index contributed by atoms with van der Waals surface area (Å²) in [5, 5.41) is 8.35. The van der Waals surface area contributed by atoms with E-state index in [2.05, 4.69) is 22.9 Å². The van der Waals surface area contributed by atoms with Gasteiger partial charge in [0.25, 0.3) is 0 Å². The number of urea groups is 1. The molecule has 1 fully saturated rings. The van der Waals surface area contributed by atoms with Crippen molar-refractivity contribution >= 4 is 11.9 Å². The van der Waals surface area contributed by atoms with Gasteiger partial charge < -0.3 is 20.7 Å². The molecule has 0 aromatic heterocycles. The minimum atomic E-state index is -0.178. The van der Waals surface area contributed by atoms with Crippen LogP contribution in [0.3, 0.4) is 0 Å². The van der Waals surface area contributed by atoms with Crippen molar-refractivity contribution in [3.8, 4) is 0 Å². The van der Waals surface area contributed by atoms with E-state index in [0.717, 1.165) is 12.5 Å². The first-order valence-electron chi connectivity index (χ1n) is 8.43. The van der Waals surface area contributed by atoms with E-state index < -0.39 is 0 Å². The molecule has 22 heavy (non-hydrogen) atoms. The molecule has 1 aliphatic carbocycles. The van der Waals surface area contributed by atoms with E-state index in [1.165, 1.54) is 32.1 Å². The summed E-state index contributed by atoms with van der Waals surface area (Å²) in [7, 11) is 1.59. The van der Waals surface area contributed by atoms with Crippen molar-refractivity contribution in [1.82, 2.24) is 16.0 Å². The summed E-state index contributed by atoms with van der Waals surface area (Å²) in [6.07, 6.45) is 6.55. The molecule has 3 amide bonds. The highest BCUT2D eigenvalue weighted by molar-refractivity contribution is 5.78. The summed E-state index contributed by atoms with van der Waals surface area (Å²) in [5.74, 6) is 1.41. The first kappa shape index (κ1) is 18.7. The summed E-state index contributed by atoms with van der Waals surface area (Å²) < 4.78 is 4.84. The van der Waals surface area contributed by atoms with Crippen LogP contribution in [0, 0.1) is 11.8 Å². The zero-order chi connectivity index (χ0) is 16.2. The van der Waals surface area contributed by atoms with E-state index in [1.807, 2.05) is 0 Å². The van der Waals surface area contributed by atoms with Crippen molar-refractivity contribution in [2.75, 3.05) is 33.4 Å². The zero-order valence-electron chi connectivity index (χ0n) is 14.0. The molecule has 0 heterocycles. The SMILES string of the molecule is CCC1CCC(CNC(=O)NCCC(=O)NCCOC)CC1. The van der Waals surface area contributed by atoms with Crippen LogP contribution in [0.1, 0.15) is 45.4 Å². The summed E-state index contributed by atoms with van der Waals surface area (Å²) >= 11 is 0. The maximum absolute atomic E-state index is 11.7. The summed E-state index contributed by atoms with van der Waals surface area (Å²) in [6, 6.07) is -0.178. The summed E-state index contributed by atoms with van der Waals surface area (Å²) in [6.45, 7) is 4.35. The summed E-state index contributed by atoms with van der Waals surface area (Å²) in [5.41, 5.74) is 0. The molecule has 0 aromatic carbocycles. The largest absolute Gasteiger partial charge is 0.383 e. The minimum absolute atomic E-state index is 0.0739. The Balaban J connectivity index is 2.01.